The number of nitrogens with zero attached hydrogens (tertiary/aromatic N) is 2. The zero-order valence-electron chi connectivity index (χ0n) is 14.5. The van der Waals surface area contributed by atoms with E-state index in [0.717, 1.165) is 4.57 Å². The molecule has 0 saturated carbocycles. The fourth-order valence-electron chi connectivity index (χ4n) is 2.49. The van der Waals surface area contributed by atoms with E-state index in [2.05, 4.69) is 18.1 Å². The number of phosphoric ester groups is 1. The lowest BCUT2D eigenvalue weighted by atomic mass is 10.1. The van der Waals surface area contributed by atoms with Gasteiger partial charge in [0.25, 0.3) is 0 Å². The minimum absolute atomic E-state index is 0.0731. The van der Waals surface area contributed by atoms with Crippen molar-refractivity contribution >= 4 is 29.3 Å². The Kier molecular flexibility index (Phi) is 6.90. The smallest absolute Gasteiger partial charge is 0.383 e. The summed E-state index contributed by atoms with van der Waals surface area (Å²) < 4.78 is 65.7. The van der Waals surface area contributed by atoms with E-state index in [1.54, 1.807) is 0 Å². The molecule has 1 aromatic rings. The molecule has 0 aliphatic carbocycles. The van der Waals surface area contributed by atoms with Gasteiger partial charge in [0.05, 0.1) is 0 Å². The summed E-state index contributed by atoms with van der Waals surface area (Å²) in [6, 6.07) is 1.27. The Hall–Kier alpha value is -1.02. The summed E-state index contributed by atoms with van der Waals surface area (Å²) in [4.78, 5) is 50.7. The second-order valence-corrected chi connectivity index (χ2v) is 10.4. The largest absolute Gasteiger partial charge is 0.490 e. The predicted octanol–water partition coefficient (Wildman–Crippen LogP) is 0.390. The van der Waals surface area contributed by atoms with E-state index in [-0.39, 0.29) is 5.82 Å². The number of hydrogen-bond donors (Lipinski definition) is 5. The van der Waals surface area contributed by atoms with Gasteiger partial charge in [0.2, 0.25) is 5.85 Å². The van der Waals surface area contributed by atoms with Crippen LogP contribution in [-0.2, 0) is 31.6 Å². The van der Waals surface area contributed by atoms with E-state index in [4.69, 9.17) is 25.2 Å². The van der Waals surface area contributed by atoms with Crippen molar-refractivity contribution in [2.75, 3.05) is 12.3 Å². The van der Waals surface area contributed by atoms with Crippen LogP contribution in [0.3, 0.4) is 0 Å². The van der Waals surface area contributed by atoms with Crippen LogP contribution in [0.5, 0.6) is 0 Å². The third kappa shape index (κ3) is 7.02. The lowest BCUT2D eigenvalue weighted by Crippen LogP contribution is -2.32. The van der Waals surface area contributed by atoms with Crippen molar-refractivity contribution in [3.8, 4) is 0 Å². The molecule has 0 bridgehead atoms. The van der Waals surface area contributed by atoms with Gasteiger partial charge in [-0.1, -0.05) is 6.92 Å². The summed E-state index contributed by atoms with van der Waals surface area (Å²) in [5.74, 6) is -3.44. The number of halogens is 1. The van der Waals surface area contributed by atoms with Crippen molar-refractivity contribution < 1.29 is 55.5 Å². The molecule has 0 aromatic carbocycles. The fraction of sp³-hybridized carbons (Fsp3) is 0.600. The minimum atomic E-state index is -5.73. The molecule has 19 heteroatoms. The summed E-state index contributed by atoms with van der Waals surface area (Å²) in [6.45, 7) is 0.203. The van der Waals surface area contributed by atoms with E-state index in [1.165, 1.54) is 19.2 Å². The van der Waals surface area contributed by atoms with Crippen LogP contribution in [0, 0.1) is 5.92 Å². The monoisotopic (exact) mass is 483 g/mol. The number of nitrogen functional groups attached to an aromatic ring is 1. The zero-order valence-corrected chi connectivity index (χ0v) is 17.2. The SMILES string of the molecule is C[C@H]1C[C@@](F)(COP(=O)(O)OP(=O)(O)OP(=O)(O)O)OC1n1ccc(N)nc1=O. The number of aromatic nitrogens is 2. The van der Waals surface area contributed by atoms with Crippen molar-refractivity contribution in [3.05, 3.63) is 22.7 Å². The maximum absolute atomic E-state index is 14.9. The van der Waals surface area contributed by atoms with Gasteiger partial charge in [-0.15, -0.1) is 0 Å². The molecule has 2 heterocycles. The van der Waals surface area contributed by atoms with E-state index in [9.17, 15) is 27.8 Å². The molecule has 1 aliphatic rings. The number of nitrogens with two attached hydrogens (primary N) is 1. The second-order valence-electron chi connectivity index (χ2n) is 5.98. The summed E-state index contributed by atoms with van der Waals surface area (Å²) in [7, 11) is -16.8. The average molecular weight is 483 g/mol. The van der Waals surface area contributed by atoms with Gasteiger partial charge in [-0.05, 0) is 6.07 Å². The normalized spacial score (nSPS) is 29.3. The molecule has 6 N–H and O–H groups in total. The van der Waals surface area contributed by atoms with Gasteiger partial charge in [-0.2, -0.15) is 13.6 Å². The third-order valence-electron chi connectivity index (χ3n) is 3.43. The summed E-state index contributed by atoms with van der Waals surface area (Å²) in [5, 5.41) is 0. The molecular weight excluding hydrogens is 466 g/mol. The van der Waals surface area contributed by atoms with E-state index < -0.39 is 60.2 Å². The van der Waals surface area contributed by atoms with Gasteiger partial charge in [-0.25, -0.2) is 22.9 Å². The van der Waals surface area contributed by atoms with Crippen LogP contribution in [0.1, 0.15) is 19.6 Å². The van der Waals surface area contributed by atoms with Crippen LogP contribution in [0.2, 0.25) is 0 Å². The Morgan fingerprint density at radius 2 is 1.93 bits per heavy atom. The number of phosphoric acid groups is 3. The molecule has 1 saturated heterocycles. The summed E-state index contributed by atoms with van der Waals surface area (Å²) in [6.07, 6.45) is -0.394. The lowest BCUT2D eigenvalue weighted by molar-refractivity contribution is -0.176. The Bertz CT molecular complexity index is 967. The van der Waals surface area contributed by atoms with Crippen LogP contribution in [0.15, 0.2) is 17.1 Å². The molecule has 1 aromatic heterocycles. The first-order chi connectivity index (χ1) is 13.0. The van der Waals surface area contributed by atoms with Gasteiger partial charge >= 0.3 is 29.2 Å². The number of alkyl halides is 1. The number of anilines is 1. The van der Waals surface area contributed by atoms with Gasteiger partial charge < -0.3 is 30.0 Å². The molecule has 0 radical (unpaired) electrons. The van der Waals surface area contributed by atoms with E-state index in [0.29, 0.717) is 0 Å². The van der Waals surface area contributed by atoms with Crippen LogP contribution >= 0.6 is 23.5 Å². The first-order valence-electron chi connectivity index (χ1n) is 7.51. The molecule has 0 amide bonds. The first-order valence-corrected chi connectivity index (χ1v) is 12.0. The first kappa shape index (κ1) is 24.3. The third-order valence-corrected chi connectivity index (χ3v) is 7.21. The lowest BCUT2D eigenvalue weighted by Gasteiger charge is -2.23. The number of rotatable bonds is 8. The number of hydrogen-bond acceptors (Lipinski definition) is 10. The molecule has 15 nitrogen and oxygen atoms in total. The van der Waals surface area contributed by atoms with E-state index in [1.807, 2.05) is 0 Å². The second kappa shape index (κ2) is 8.25. The van der Waals surface area contributed by atoms with Crippen LogP contribution < -0.4 is 11.4 Å². The zero-order chi connectivity index (χ0) is 22.3. The van der Waals surface area contributed by atoms with Crippen molar-refractivity contribution in [2.24, 2.45) is 5.92 Å². The summed E-state index contributed by atoms with van der Waals surface area (Å²) >= 11 is 0. The molecule has 1 aliphatic heterocycles. The van der Waals surface area contributed by atoms with Gasteiger partial charge in [0.1, 0.15) is 18.7 Å². The molecule has 0 spiro atoms. The highest BCUT2D eigenvalue weighted by Crippen LogP contribution is 2.66. The Morgan fingerprint density at radius 1 is 1.31 bits per heavy atom. The molecular formula is C10H17FN3O12P3. The molecule has 2 rings (SSSR count). The summed E-state index contributed by atoms with van der Waals surface area (Å²) in [5.41, 5.74) is 4.53. The molecule has 5 atom stereocenters. The van der Waals surface area contributed by atoms with Crippen molar-refractivity contribution in [3.63, 3.8) is 0 Å². The maximum atomic E-state index is 14.9. The van der Waals surface area contributed by atoms with Gasteiger partial charge in [0, 0.05) is 18.5 Å². The maximum Gasteiger partial charge on any atom is 0.490 e. The fourth-order valence-corrected chi connectivity index (χ4v) is 5.54. The Morgan fingerprint density at radius 3 is 2.48 bits per heavy atom. The highest BCUT2D eigenvalue weighted by Gasteiger charge is 2.49. The molecule has 3 unspecified atom stereocenters. The van der Waals surface area contributed by atoms with Crippen molar-refractivity contribution in [2.45, 2.75) is 25.4 Å². The number of ether oxygens (including phenoxy) is 1. The molecule has 1 fully saturated rings. The Balaban J connectivity index is 2.06. The Labute approximate surface area is 161 Å². The predicted molar refractivity (Wildman–Crippen MR) is 90.5 cm³/mol. The topological polar surface area (TPSA) is 230 Å². The molecule has 166 valence electrons. The standard InChI is InChI=1S/C10H17FN3O12P3/c1-6-4-10(11,24-8(6)14-3-2-7(12)13-9(14)15)5-23-28(19,20)26-29(21,22)25-27(16,17)18/h2-3,6,8H,4-5H2,1H3,(H,19,20)(H,21,22)(H2,12,13,15)(H2,16,17,18)/t6-,8?,10-/m0/s1. The van der Waals surface area contributed by atoms with Crippen LogP contribution in [0.4, 0.5) is 10.2 Å². The van der Waals surface area contributed by atoms with Gasteiger partial charge in [0.15, 0.2) is 0 Å². The van der Waals surface area contributed by atoms with Gasteiger partial charge in [-0.3, -0.25) is 9.09 Å². The highest BCUT2D eigenvalue weighted by atomic mass is 31.3. The quantitative estimate of drug-likeness (QED) is 0.315. The minimum Gasteiger partial charge on any atom is -0.383 e. The van der Waals surface area contributed by atoms with Crippen LogP contribution in [-0.4, -0.2) is 41.6 Å². The van der Waals surface area contributed by atoms with Crippen molar-refractivity contribution in [1.82, 2.24) is 9.55 Å². The highest BCUT2D eigenvalue weighted by molar-refractivity contribution is 7.66. The van der Waals surface area contributed by atoms with Crippen molar-refractivity contribution in [1.29, 1.82) is 0 Å². The van der Waals surface area contributed by atoms with Crippen LogP contribution in [0.25, 0.3) is 0 Å². The van der Waals surface area contributed by atoms with E-state index >= 15 is 0 Å². The average Bonchev–Trinajstić information content (AvgIpc) is 2.77. The molecule has 29 heavy (non-hydrogen) atoms.